The molecule has 2 aliphatic rings. The predicted molar refractivity (Wildman–Crippen MR) is 97.4 cm³/mol. The number of morpholine rings is 1. The Balaban J connectivity index is 1.53. The first-order valence-corrected chi connectivity index (χ1v) is 9.44. The van der Waals surface area contributed by atoms with Crippen molar-refractivity contribution in [2.24, 2.45) is 0 Å². The standard InChI is InChI=1S/C17H30N6O2/c1-24-17-20-15(18-7-6-8-22-11-13-25-14-12-22)19-16(21-17)23-9-4-2-3-5-10-23/h2-14H2,1H3,(H,18,19,20,21). The number of methoxy groups -OCH3 is 1. The van der Waals surface area contributed by atoms with Crippen molar-refractivity contribution in [3.63, 3.8) is 0 Å². The number of anilines is 2. The number of hydrogen-bond donors (Lipinski definition) is 1. The SMILES string of the molecule is COc1nc(NCCCN2CCOCC2)nc(N2CCCCCC2)n1. The molecule has 8 heteroatoms. The second-order valence-electron chi connectivity index (χ2n) is 6.58. The minimum atomic E-state index is 0.380. The molecule has 1 aromatic rings. The molecule has 0 unspecified atom stereocenters. The summed E-state index contributed by atoms with van der Waals surface area (Å²) in [5.41, 5.74) is 0. The Kier molecular flexibility index (Phi) is 7.05. The second kappa shape index (κ2) is 9.72. The van der Waals surface area contributed by atoms with Gasteiger partial charge in [0.1, 0.15) is 0 Å². The zero-order valence-electron chi connectivity index (χ0n) is 15.2. The van der Waals surface area contributed by atoms with Crippen LogP contribution in [-0.2, 0) is 4.74 Å². The van der Waals surface area contributed by atoms with E-state index in [-0.39, 0.29) is 0 Å². The van der Waals surface area contributed by atoms with Crippen molar-refractivity contribution in [3.05, 3.63) is 0 Å². The molecule has 8 nitrogen and oxygen atoms in total. The van der Waals surface area contributed by atoms with Crippen LogP contribution in [0.25, 0.3) is 0 Å². The summed E-state index contributed by atoms with van der Waals surface area (Å²) in [5.74, 6) is 1.33. The molecule has 1 N–H and O–H groups in total. The predicted octanol–water partition coefficient (Wildman–Crippen LogP) is 1.39. The highest BCUT2D eigenvalue weighted by Crippen LogP contribution is 2.19. The lowest BCUT2D eigenvalue weighted by atomic mass is 10.2. The monoisotopic (exact) mass is 350 g/mol. The zero-order valence-corrected chi connectivity index (χ0v) is 15.2. The van der Waals surface area contributed by atoms with Gasteiger partial charge < -0.3 is 19.7 Å². The van der Waals surface area contributed by atoms with E-state index in [1.807, 2.05) is 0 Å². The number of hydrogen-bond acceptors (Lipinski definition) is 8. The molecule has 0 aromatic carbocycles. The van der Waals surface area contributed by atoms with E-state index < -0.39 is 0 Å². The van der Waals surface area contributed by atoms with Crippen LogP contribution in [0, 0.1) is 0 Å². The summed E-state index contributed by atoms with van der Waals surface area (Å²) >= 11 is 0. The summed E-state index contributed by atoms with van der Waals surface area (Å²) in [5, 5.41) is 3.33. The molecule has 0 bridgehead atoms. The fraction of sp³-hybridized carbons (Fsp3) is 0.824. The van der Waals surface area contributed by atoms with E-state index in [0.29, 0.717) is 12.0 Å². The van der Waals surface area contributed by atoms with Crippen LogP contribution < -0.4 is 15.0 Å². The van der Waals surface area contributed by atoms with Gasteiger partial charge in [0.2, 0.25) is 11.9 Å². The summed E-state index contributed by atoms with van der Waals surface area (Å²) in [6, 6.07) is 0.380. The number of nitrogens with one attached hydrogen (secondary N) is 1. The maximum atomic E-state index is 5.38. The average molecular weight is 350 g/mol. The molecule has 25 heavy (non-hydrogen) atoms. The lowest BCUT2D eigenvalue weighted by Crippen LogP contribution is -2.37. The van der Waals surface area contributed by atoms with Crippen LogP contribution in [-0.4, -0.2) is 79.4 Å². The third kappa shape index (κ3) is 5.67. The summed E-state index contributed by atoms with van der Waals surface area (Å²) in [4.78, 5) is 18.1. The van der Waals surface area contributed by atoms with Gasteiger partial charge in [-0.2, -0.15) is 15.0 Å². The topological polar surface area (TPSA) is 75.6 Å². The van der Waals surface area contributed by atoms with E-state index in [2.05, 4.69) is 30.1 Å². The molecule has 3 rings (SSSR count). The van der Waals surface area contributed by atoms with Crippen molar-refractivity contribution < 1.29 is 9.47 Å². The molecule has 0 aliphatic carbocycles. The maximum Gasteiger partial charge on any atom is 0.322 e. The van der Waals surface area contributed by atoms with Gasteiger partial charge in [0.05, 0.1) is 20.3 Å². The molecule has 0 amide bonds. The zero-order chi connectivity index (χ0) is 17.3. The van der Waals surface area contributed by atoms with Gasteiger partial charge in [-0.05, 0) is 25.8 Å². The highest BCUT2D eigenvalue weighted by Gasteiger charge is 2.16. The van der Waals surface area contributed by atoms with E-state index in [1.54, 1.807) is 7.11 Å². The van der Waals surface area contributed by atoms with Gasteiger partial charge in [0.15, 0.2) is 0 Å². The molecule has 0 atom stereocenters. The van der Waals surface area contributed by atoms with Crippen molar-refractivity contribution in [1.82, 2.24) is 19.9 Å². The Morgan fingerprint density at radius 3 is 2.48 bits per heavy atom. The molecular weight excluding hydrogens is 320 g/mol. The normalized spacial score (nSPS) is 19.5. The average Bonchev–Trinajstić information content (AvgIpc) is 2.95. The van der Waals surface area contributed by atoms with Gasteiger partial charge in [-0.15, -0.1) is 0 Å². The number of rotatable bonds is 7. The van der Waals surface area contributed by atoms with Crippen LogP contribution in [0.3, 0.4) is 0 Å². The van der Waals surface area contributed by atoms with Crippen molar-refractivity contribution in [1.29, 1.82) is 0 Å². The van der Waals surface area contributed by atoms with Crippen LogP contribution in [0.1, 0.15) is 32.1 Å². The van der Waals surface area contributed by atoms with Crippen LogP contribution in [0.5, 0.6) is 6.01 Å². The molecule has 2 fully saturated rings. The number of aromatic nitrogens is 3. The number of nitrogens with zero attached hydrogens (tertiary/aromatic N) is 5. The highest BCUT2D eigenvalue weighted by atomic mass is 16.5. The maximum absolute atomic E-state index is 5.38. The van der Waals surface area contributed by atoms with Crippen LogP contribution in [0.15, 0.2) is 0 Å². The van der Waals surface area contributed by atoms with Crippen molar-refractivity contribution >= 4 is 11.9 Å². The molecule has 2 saturated heterocycles. The van der Waals surface area contributed by atoms with E-state index in [9.17, 15) is 0 Å². The fourth-order valence-corrected chi connectivity index (χ4v) is 3.26. The summed E-state index contributed by atoms with van der Waals surface area (Å²) < 4.78 is 10.6. The smallest absolute Gasteiger partial charge is 0.322 e. The van der Waals surface area contributed by atoms with Gasteiger partial charge >= 0.3 is 6.01 Å². The Labute approximate surface area is 149 Å². The molecule has 0 radical (unpaired) electrons. The van der Waals surface area contributed by atoms with Crippen LogP contribution >= 0.6 is 0 Å². The quantitative estimate of drug-likeness (QED) is 0.740. The van der Waals surface area contributed by atoms with E-state index in [1.165, 1.54) is 25.7 Å². The van der Waals surface area contributed by atoms with Gasteiger partial charge in [0.25, 0.3) is 0 Å². The van der Waals surface area contributed by atoms with Crippen LogP contribution in [0.2, 0.25) is 0 Å². The molecule has 2 aliphatic heterocycles. The molecule has 0 spiro atoms. The molecule has 1 aromatic heterocycles. The summed E-state index contributed by atoms with van der Waals surface area (Å²) in [6.07, 6.45) is 6.00. The second-order valence-corrected chi connectivity index (χ2v) is 6.58. The molecular formula is C17H30N6O2. The first-order chi connectivity index (χ1) is 12.3. The van der Waals surface area contributed by atoms with Gasteiger partial charge in [-0.1, -0.05) is 12.8 Å². The molecule has 0 saturated carbocycles. The lowest BCUT2D eigenvalue weighted by Gasteiger charge is -2.26. The van der Waals surface area contributed by atoms with Crippen molar-refractivity contribution in [2.45, 2.75) is 32.1 Å². The Bertz CT molecular complexity index is 516. The van der Waals surface area contributed by atoms with Gasteiger partial charge in [0, 0.05) is 32.7 Å². The third-order valence-electron chi connectivity index (χ3n) is 4.71. The van der Waals surface area contributed by atoms with Crippen molar-refractivity contribution in [2.75, 3.05) is 69.8 Å². The Morgan fingerprint density at radius 1 is 1.00 bits per heavy atom. The van der Waals surface area contributed by atoms with Gasteiger partial charge in [-0.3, -0.25) is 4.90 Å². The summed E-state index contributed by atoms with van der Waals surface area (Å²) in [7, 11) is 1.60. The third-order valence-corrected chi connectivity index (χ3v) is 4.71. The largest absolute Gasteiger partial charge is 0.467 e. The minimum Gasteiger partial charge on any atom is -0.467 e. The Hall–Kier alpha value is -1.67. The lowest BCUT2D eigenvalue weighted by molar-refractivity contribution is 0.0378. The first-order valence-electron chi connectivity index (χ1n) is 9.44. The summed E-state index contributed by atoms with van der Waals surface area (Å²) in [6.45, 7) is 7.65. The van der Waals surface area contributed by atoms with E-state index >= 15 is 0 Å². The fourth-order valence-electron chi connectivity index (χ4n) is 3.26. The van der Waals surface area contributed by atoms with E-state index in [4.69, 9.17) is 9.47 Å². The Morgan fingerprint density at radius 2 is 1.76 bits per heavy atom. The molecule has 140 valence electrons. The van der Waals surface area contributed by atoms with E-state index in [0.717, 1.165) is 64.9 Å². The van der Waals surface area contributed by atoms with Gasteiger partial charge in [-0.25, -0.2) is 0 Å². The number of ether oxygens (including phenoxy) is 2. The molecule has 3 heterocycles. The van der Waals surface area contributed by atoms with Crippen molar-refractivity contribution in [3.8, 4) is 6.01 Å². The highest BCUT2D eigenvalue weighted by molar-refractivity contribution is 5.38. The first kappa shape index (κ1) is 18.1. The van der Waals surface area contributed by atoms with Crippen LogP contribution in [0.4, 0.5) is 11.9 Å². The minimum absolute atomic E-state index is 0.380.